The first-order valence-electron chi connectivity index (χ1n) is 5.89. The number of benzene rings is 1. The van der Waals surface area contributed by atoms with Gasteiger partial charge in [0.1, 0.15) is 10.3 Å². The predicted molar refractivity (Wildman–Crippen MR) is 78.5 cm³/mol. The molecule has 21 heavy (non-hydrogen) atoms. The Balaban J connectivity index is 2.25. The van der Waals surface area contributed by atoms with Crippen LogP contribution in [0.1, 0.15) is 22.0 Å². The first-order valence-corrected chi connectivity index (χ1v) is 6.64. The van der Waals surface area contributed by atoms with Crippen LogP contribution in [0.3, 0.4) is 0 Å². The molecule has 7 heteroatoms. The number of carbonyl (C=O) groups excluding carboxylic acids is 1. The first kappa shape index (κ1) is 15.3. The molecule has 0 radical (unpaired) electrons. The number of pyridine rings is 1. The Morgan fingerprint density at radius 3 is 2.19 bits per heavy atom. The lowest BCUT2D eigenvalue weighted by Gasteiger charge is -2.15. The van der Waals surface area contributed by atoms with E-state index in [0.717, 1.165) is 0 Å². The SMILES string of the molecule is O=C(NC(C(=O)O)c1ccccc1)c1cc(Cl)nc(Cl)c1. The number of nitrogens with one attached hydrogen (secondary N) is 1. The van der Waals surface area contributed by atoms with Crippen molar-refractivity contribution in [2.45, 2.75) is 6.04 Å². The van der Waals surface area contributed by atoms with E-state index in [1.165, 1.54) is 12.1 Å². The quantitative estimate of drug-likeness (QED) is 0.847. The number of halogens is 2. The summed E-state index contributed by atoms with van der Waals surface area (Å²) in [7, 11) is 0. The highest BCUT2D eigenvalue weighted by atomic mass is 35.5. The zero-order valence-electron chi connectivity index (χ0n) is 10.6. The van der Waals surface area contributed by atoms with E-state index in [4.69, 9.17) is 23.2 Å². The Bertz CT molecular complexity index is 657. The number of carboxylic acid groups (broad SMARTS) is 1. The summed E-state index contributed by atoms with van der Waals surface area (Å²) < 4.78 is 0. The van der Waals surface area contributed by atoms with Crippen LogP contribution >= 0.6 is 23.2 Å². The van der Waals surface area contributed by atoms with Gasteiger partial charge in [-0.15, -0.1) is 0 Å². The minimum atomic E-state index is -1.17. The van der Waals surface area contributed by atoms with Gasteiger partial charge >= 0.3 is 5.97 Å². The standard InChI is InChI=1S/C14H10Cl2N2O3/c15-10-6-9(7-11(16)17-10)13(19)18-12(14(20)21)8-4-2-1-3-5-8/h1-7,12H,(H,18,19)(H,20,21). The summed E-state index contributed by atoms with van der Waals surface area (Å²) in [5, 5.41) is 11.8. The molecule has 0 aliphatic heterocycles. The molecule has 1 heterocycles. The van der Waals surface area contributed by atoms with Crippen LogP contribution in [0.2, 0.25) is 10.3 Å². The van der Waals surface area contributed by atoms with Crippen molar-refractivity contribution in [3.05, 3.63) is 63.9 Å². The Labute approximate surface area is 130 Å². The van der Waals surface area contributed by atoms with E-state index in [0.29, 0.717) is 5.56 Å². The second-order valence-corrected chi connectivity index (χ2v) is 4.93. The minimum Gasteiger partial charge on any atom is -0.479 e. The second-order valence-electron chi connectivity index (χ2n) is 4.16. The summed E-state index contributed by atoms with van der Waals surface area (Å²) >= 11 is 11.4. The van der Waals surface area contributed by atoms with Crippen LogP contribution in [0, 0.1) is 0 Å². The molecule has 2 N–H and O–H groups in total. The van der Waals surface area contributed by atoms with E-state index in [-0.39, 0.29) is 15.9 Å². The Hall–Kier alpha value is -2.11. The number of amides is 1. The van der Waals surface area contributed by atoms with Gasteiger partial charge in [0, 0.05) is 5.56 Å². The number of rotatable bonds is 4. The van der Waals surface area contributed by atoms with Gasteiger partial charge in [0.2, 0.25) is 0 Å². The molecule has 0 saturated carbocycles. The highest BCUT2D eigenvalue weighted by molar-refractivity contribution is 6.33. The summed E-state index contributed by atoms with van der Waals surface area (Å²) in [6, 6.07) is 9.84. The van der Waals surface area contributed by atoms with Gasteiger partial charge in [0.15, 0.2) is 6.04 Å². The molecule has 1 amide bonds. The largest absolute Gasteiger partial charge is 0.479 e. The molecule has 0 aliphatic carbocycles. The molecule has 1 aromatic heterocycles. The monoisotopic (exact) mass is 324 g/mol. The number of carbonyl (C=O) groups is 2. The van der Waals surface area contributed by atoms with Crippen LogP contribution in [0.4, 0.5) is 0 Å². The van der Waals surface area contributed by atoms with Gasteiger partial charge in [0.25, 0.3) is 5.91 Å². The Morgan fingerprint density at radius 2 is 1.67 bits per heavy atom. The number of aromatic nitrogens is 1. The molecular weight excluding hydrogens is 315 g/mol. The highest BCUT2D eigenvalue weighted by Gasteiger charge is 2.22. The zero-order valence-corrected chi connectivity index (χ0v) is 12.1. The second kappa shape index (κ2) is 6.56. The maximum atomic E-state index is 12.1. The van der Waals surface area contributed by atoms with Crippen molar-refractivity contribution >= 4 is 35.1 Å². The molecule has 1 unspecified atom stereocenters. The van der Waals surface area contributed by atoms with Crippen LogP contribution in [0.15, 0.2) is 42.5 Å². The van der Waals surface area contributed by atoms with E-state index >= 15 is 0 Å². The third-order valence-corrected chi connectivity index (χ3v) is 3.07. The number of carboxylic acids is 1. The normalized spacial score (nSPS) is 11.7. The van der Waals surface area contributed by atoms with Crippen molar-refractivity contribution in [3.63, 3.8) is 0 Å². The van der Waals surface area contributed by atoms with Gasteiger partial charge in [-0.25, -0.2) is 9.78 Å². The van der Waals surface area contributed by atoms with Crippen molar-refractivity contribution in [3.8, 4) is 0 Å². The fraction of sp³-hybridized carbons (Fsp3) is 0.0714. The van der Waals surface area contributed by atoms with Crippen molar-refractivity contribution in [1.29, 1.82) is 0 Å². The maximum Gasteiger partial charge on any atom is 0.330 e. The molecule has 5 nitrogen and oxygen atoms in total. The molecule has 0 aliphatic rings. The average molecular weight is 325 g/mol. The van der Waals surface area contributed by atoms with Gasteiger partial charge < -0.3 is 10.4 Å². The third-order valence-electron chi connectivity index (χ3n) is 2.68. The summed E-state index contributed by atoms with van der Waals surface area (Å²) in [4.78, 5) is 27.2. The van der Waals surface area contributed by atoms with Gasteiger partial charge in [0.05, 0.1) is 0 Å². The number of nitrogens with zero attached hydrogens (tertiary/aromatic N) is 1. The van der Waals surface area contributed by atoms with Crippen LogP contribution in [0.5, 0.6) is 0 Å². The molecule has 2 rings (SSSR count). The van der Waals surface area contributed by atoms with Crippen LogP contribution in [-0.2, 0) is 4.79 Å². The summed E-state index contributed by atoms with van der Waals surface area (Å²) in [5.41, 5.74) is 0.604. The van der Waals surface area contributed by atoms with Crippen LogP contribution in [0.25, 0.3) is 0 Å². The van der Waals surface area contributed by atoms with Crippen molar-refractivity contribution < 1.29 is 14.7 Å². The molecule has 0 bridgehead atoms. The summed E-state index contributed by atoms with van der Waals surface area (Å²) in [5.74, 6) is -1.77. The van der Waals surface area contributed by atoms with Gasteiger partial charge in [-0.05, 0) is 17.7 Å². The Kier molecular flexibility index (Phi) is 4.77. The van der Waals surface area contributed by atoms with Gasteiger partial charge in [-0.2, -0.15) is 0 Å². The highest BCUT2D eigenvalue weighted by Crippen LogP contribution is 2.17. The smallest absolute Gasteiger partial charge is 0.330 e. The molecule has 0 fully saturated rings. The summed E-state index contributed by atoms with van der Waals surface area (Å²) in [6.45, 7) is 0. The number of hydrogen-bond donors (Lipinski definition) is 2. The number of aliphatic carboxylic acids is 1. The lowest BCUT2D eigenvalue weighted by Crippen LogP contribution is -2.33. The molecule has 108 valence electrons. The number of hydrogen-bond acceptors (Lipinski definition) is 3. The predicted octanol–water partition coefficient (Wildman–Crippen LogP) is 2.94. The topological polar surface area (TPSA) is 79.3 Å². The minimum absolute atomic E-state index is 0.0548. The van der Waals surface area contributed by atoms with E-state index in [1.54, 1.807) is 30.3 Å². The van der Waals surface area contributed by atoms with E-state index < -0.39 is 17.9 Å². The lowest BCUT2D eigenvalue weighted by atomic mass is 10.1. The Morgan fingerprint density at radius 1 is 1.10 bits per heavy atom. The zero-order chi connectivity index (χ0) is 15.4. The van der Waals surface area contributed by atoms with E-state index in [1.807, 2.05) is 0 Å². The lowest BCUT2D eigenvalue weighted by molar-refractivity contribution is -0.139. The molecule has 1 aromatic carbocycles. The molecule has 0 saturated heterocycles. The van der Waals surface area contributed by atoms with Crippen LogP contribution in [-0.4, -0.2) is 22.0 Å². The first-order chi connectivity index (χ1) is 9.97. The fourth-order valence-electron chi connectivity index (χ4n) is 1.74. The molecular formula is C14H10Cl2N2O3. The van der Waals surface area contributed by atoms with E-state index in [9.17, 15) is 14.7 Å². The average Bonchev–Trinajstić information content (AvgIpc) is 2.44. The van der Waals surface area contributed by atoms with Crippen molar-refractivity contribution in [2.75, 3.05) is 0 Å². The van der Waals surface area contributed by atoms with Gasteiger partial charge in [-0.3, -0.25) is 4.79 Å². The van der Waals surface area contributed by atoms with Gasteiger partial charge in [-0.1, -0.05) is 53.5 Å². The maximum absolute atomic E-state index is 12.1. The fourth-order valence-corrected chi connectivity index (χ4v) is 2.20. The van der Waals surface area contributed by atoms with Crippen molar-refractivity contribution in [2.24, 2.45) is 0 Å². The van der Waals surface area contributed by atoms with E-state index in [2.05, 4.69) is 10.3 Å². The van der Waals surface area contributed by atoms with Crippen molar-refractivity contribution in [1.82, 2.24) is 10.3 Å². The third kappa shape index (κ3) is 3.93. The molecule has 1 atom stereocenters. The van der Waals surface area contributed by atoms with Crippen LogP contribution < -0.4 is 5.32 Å². The molecule has 0 spiro atoms. The molecule has 2 aromatic rings. The summed E-state index contributed by atoms with van der Waals surface area (Å²) in [6.07, 6.45) is 0.